The SMILES string of the molecule is COCOCC(CC(C)C)NC(=O)c1ccc(C)c(C)c1. The molecule has 0 aliphatic carbocycles. The third kappa shape index (κ3) is 6.27. The topological polar surface area (TPSA) is 47.6 Å². The molecule has 0 bridgehead atoms. The minimum atomic E-state index is -0.0511. The molecule has 0 saturated heterocycles. The number of amides is 1. The highest BCUT2D eigenvalue weighted by molar-refractivity contribution is 5.94. The molecule has 1 N–H and O–H groups in total. The molecule has 0 radical (unpaired) electrons. The molecular formula is C17H27NO3. The Hall–Kier alpha value is -1.39. The zero-order valence-electron chi connectivity index (χ0n) is 13.7. The van der Waals surface area contributed by atoms with Crippen molar-refractivity contribution in [3.63, 3.8) is 0 Å². The van der Waals surface area contributed by atoms with E-state index in [1.165, 1.54) is 5.56 Å². The van der Waals surface area contributed by atoms with E-state index < -0.39 is 0 Å². The van der Waals surface area contributed by atoms with Gasteiger partial charge in [0.2, 0.25) is 0 Å². The van der Waals surface area contributed by atoms with Gasteiger partial charge in [-0.25, -0.2) is 0 Å². The Kier molecular flexibility index (Phi) is 7.40. The molecule has 4 nitrogen and oxygen atoms in total. The van der Waals surface area contributed by atoms with Crippen LogP contribution in [0.25, 0.3) is 0 Å². The van der Waals surface area contributed by atoms with E-state index >= 15 is 0 Å². The van der Waals surface area contributed by atoms with E-state index in [1.54, 1.807) is 7.11 Å². The molecule has 1 amide bonds. The van der Waals surface area contributed by atoms with Crippen LogP contribution in [0.1, 0.15) is 41.8 Å². The molecule has 1 aromatic rings. The molecule has 0 aliphatic heterocycles. The van der Waals surface area contributed by atoms with Gasteiger partial charge in [0, 0.05) is 12.7 Å². The van der Waals surface area contributed by atoms with Crippen LogP contribution >= 0.6 is 0 Å². The van der Waals surface area contributed by atoms with Gasteiger partial charge in [0.15, 0.2) is 0 Å². The van der Waals surface area contributed by atoms with E-state index in [0.717, 1.165) is 12.0 Å². The first kappa shape index (κ1) is 17.7. The summed E-state index contributed by atoms with van der Waals surface area (Å²) < 4.78 is 10.3. The lowest BCUT2D eigenvalue weighted by molar-refractivity contribution is -0.0388. The average molecular weight is 293 g/mol. The van der Waals surface area contributed by atoms with Crippen LogP contribution in [0.5, 0.6) is 0 Å². The highest BCUT2D eigenvalue weighted by atomic mass is 16.7. The van der Waals surface area contributed by atoms with Crippen LogP contribution in [-0.4, -0.2) is 32.5 Å². The van der Waals surface area contributed by atoms with E-state index in [4.69, 9.17) is 9.47 Å². The Bertz CT molecular complexity index is 457. The van der Waals surface area contributed by atoms with Crippen molar-refractivity contribution in [2.75, 3.05) is 20.5 Å². The summed E-state index contributed by atoms with van der Waals surface area (Å²) in [7, 11) is 1.59. The van der Waals surface area contributed by atoms with Crippen molar-refractivity contribution >= 4 is 5.91 Å². The molecule has 4 heteroatoms. The fourth-order valence-corrected chi connectivity index (χ4v) is 2.16. The molecule has 0 heterocycles. The molecule has 0 aliphatic rings. The standard InChI is InChI=1S/C17H27NO3/c1-12(2)8-16(10-21-11-20-5)18-17(19)15-7-6-13(3)14(4)9-15/h6-7,9,12,16H,8,10-11H2,1-5H3,(H,18,19). The van der Waals surface area contributed by atoms with Gasteiger partial charge in [0.25, 0.3) is 5.91 Å². The summed E-state index contributed by atoms with van der Waals surface area (Å²) in [6.07, 6.45) is 0.875. The summed E-state index contributed by atoms with van der Waals surface area (Å²) in [5.74, 6) is 0.436. The number of hydrogen-bond donors (Lipinski definition) is 1. The highest BCUT2D eigenvalue weighted by Gasteiger charge is 2.16. The first-order valence-corrected chi connectivity index (χ1v) is 7.38. The lowest BCUT2D eigenvalue weighted by atomic mass is 10.0. The van der Waals surface area contributed by atoms with E-state index in [2.05, 4.69) is 19.2 Å². The van der Waals surface area contributed by atoms with Gasteiger partial charge in [-0.05, 0) is 49.4 Å². The minimum Gasteiger partial charge on any atom is -0.359 e. The van der Waals surface area contributed by atoms with Gasteiger partial charge in [-0.3, -0.25) is 4.79 Å². The van der Waals surface area contributed by atoms with Crippen LogP contribution in [-0.2, 0) is 9.47 Å². The number of carbonyl (C=O) groups is 1. The van der Waals surface area contributed by atoms with Crippen molar-refractivity contribution < 1.29 is 14.3 Å². The lowest BCUT2D eigenvalue weighted by Gasteiger charge is -2.20. The number of ether oxygens (including phenoxy) is 2. The van der Waals surface area contributed by atoms with E-state index in [1.807, 2.05) is 32.0 Å². The van der Waals surface area contributed by atoms with Crippen molar-refractivity contribution in [3.8, 4) is 0 Å². The van der Waals surface area contributed by atoms with Crippen LogP contribution in [0.4, 0.5) is 0 Å². The number of aryl methyl sites for hydroxylation is 2. The van der Waals surface area contributed by atoms with Crippen LogP contribution in [0.2, 0.25) is 0 Å². The molecule has 0 fully saturated rings. The number of rotatable bonds is 8. The summed E-state index contributed by atoms with van der Waals surface area (Å²) >= 11 is 0. The predicted molar refractivity (Wildman–Crippen MR) is 84.5 cm³/mol. The summed E-state index contributed by atoms with van der Waals surface area (Å²) in [5, 5.41) is 3.05. The second kappa shape index (κ2) is 8.80. The maximum absolute atomic E-state index is 12.3. The first-order chi connectivity index (χ1) is 9.93. The zero-order valence-corrected chi connectivity index (χ0v) is 13.7. The second-order valence-corrected chi connectivity index (χ2v) is 5.88. The Morgan fingerprint density at radius 1 is 1.24 bits per heavy atom. The fourth-order valence-electron chi connectivity index (χ4n) is 2.16. The molecule has 0 saturated carbocycles. The van der Waals surface area contributed by atoms with Crippen LogP contribution in [0.3, 0.4) is 0 Å². The first-order valence-electron chi connectivity index (χ1n) is 7.38. The fraction of sp³-hybridized carbons (Fsp3) is 0.588. The van der Waals surface area contributed by atoms with Gasteiger partial charge in [-0.1, -0.05) is 19.9 Å². The van der Waals surface area contributed by atoms with E-state index in [-0.39, 0.29) is 18.7 Å². The van der Waals surface area contributed by atoms with Crippen molar-refractivity contribution in [2.45, 2.75) is 40.2 Å². The lowest BCUT2D eigenvalue weighted by Crippen LogP contribution is -2.39. The van der Waals surface area contributed by atoms with Gasteiger partial charge >= 0.3 is 0 Å². The van der Waals surface area contributed by atoms with Crippen LogP contribution in [0, 0.1) is 19.8 Å². The smallest absolute Gasteiger partial charge is 0.251 e. The molecule has 0 aromatic heterocycles. The molecule has 1 unspecified atom stereocenters. The number of carbonyl (C=O) groups excluding carboxylic acids is 1. The normalized spacial score (nSPS) is 12.5. The van der Waals surface area contributed by atoms with Gasteiger partial charge in [0.05, 0.1) is 12.6 Å². The number of hydrogen-bond acceptors (Lipinski definition) is 3. The summed E-state index contributed by atoms with van der Waals surface area (Å²) in [6, 6.07) is 5.75. The third-order valence-electron chi connectivity index (χ3n) is 3.38. The molecular weight excluding hydrogens is 266 g/mol. The Morgan fingerprint density at radius 3 is 2.52 bits per heavy atom. The monoisotopic (exact) mass is 293 g/mol. The minimum absolute atomic E-state index is 0.00532. The van der Waals surface area contributed by atoms with Gasteiger partial charge in [0.1, 0.15) is 6.79 Å². The van der Waals surface area contributed by atoms with Crippen LogP contribution in [0.15, 0.2) is 18.2 Å². The van der Waals surface area contributed by atoms with Gasteiger partial charge < -0.3 is 14.8 Å². The predicted octanol–water partition coefficient (Wildman–Crippen LogP) is 3.07. The zero-order chi connectivity index (χ0) is 15.8. The van der Waals surface area contributed by atoms with Crippen molar-refractivity contribution in [3.05, 3.63) is 34.9 Å². The van der Waals surface area contributed by atoms with Crippen LogP contribution < -0.4 is 5.32 Å². The summed E-state index contributed by atoms with van der Waals surface area (Å²) in [4.78, 5) is 12.3. The number of methoxy groups -OCH3 is 1. The van der Waals surface area contributed by atoms with Crippen molar-refractivity contribution in [1.29, 1.82) is 0 Å². The number of nitrogens with one attached hydrogen (secondary N) is 1. The Balaban J connectivity index is 2.67. The maximum Gasteiger partial charge on any atom is 0.251 e. The van der Waals surface area contributed by atoms with Crippen molar-refractivity contribution in [1.82, 2.24) is 5.32 Å². The number of benzene rings is 1. The molecule has 118 valence electrons. The molecule has 21 heavy (non-hydrogen) atoms. The van der Waals surface area contributed by atoms with E-state index in [9.17, 15) is 4.79 Å². The average Bonchev–Trinajstić information content (AvgIpc) is 2.41. The molecule has 1 aromatic carbocycles. The van der Waals surface area contributed by atoms with E-state index in [0.29, 0.717) is 18.1 Å². The molecule has 0 spiro atoms. The maximum atomic E-state index is 12.3. The quantitative estimate of drug-likeness (QED) is 0.592. The van der Waals surface area contributed by atoms with Gasteiger partial charge in [-0.15, -0.1) is 0 Å². The summed E-state index contributed by atoms with van der Waals surface area (Å²) in [6.45, 7) is 9.02. The highest BCUT2D eigenvalue weighted by Crippen LogP contribution is 2.11. The Labute approximate surface area is 127 Å². The van der Waals surface area contributed by atoms with Gasteiger partial charge in [-0.2, -0.15) is 0 Å². The largest absolute Gasteiger partial charge is 0.359 e. The molecule has 1 atom stereocenters. The summed E-state index contributed by atoms with van der Waals surface area (Å²) in [5.41, 5.74) is 3.01. The Morgan fingerprint density at radius 2 is 1.95 bits per heavy atom. The molecule has 1 rings (SSSR count). The third-order valence-corrected chi connectivity index (χ3v) is 3.38. The van der Waals surface area contributed by atoms with Crippen molar-refractivity contribution in [2.24, 2.45) is 5.92 Å². The second-order valence-electron chi connectivity index (χ2n) is 5.88.